The number of carbonyl (C=O) groups excluding carboxylic acids is 2. The minimum Gasteiger partial charge on any atom is -0.480 e. The van der Waals surface area contributed by atoms with Crippen LogP contribution in [0.15, 0.2) is 0 Å². The lowest BCUT2D eigenvalue weighted by Gasteiger charge is -2.09. The predicted molar refractivity (Wildman–Crippen MR) is 204 cm³/mol. The fraction of sp³-hybridized carbons (Fsp3) is 0.921. The van der Waals surface area contributed by atoms with E-state index in [-0.39, 0.29) is 19.2 Å². The number of unbranched alkanes of at least 4 members (excludes halogenated alkanes) is 6. The van der Waals surface area contributed by atoms with Gasteiger partial charge in [0.15, 0.2) is 0 Å². The Labute approximate surface area is 334 Å². The molecule has 0 aliphatic heterocycles. The number of amides is 1. The van der Waals surface area contributed by atoms with Crippen molar-refractivity contribution in [2.45, 2.75) is 58.3 Å². The molecule has 0 heterocycles. The Kier molecular flexibility index (Phi) is 45.6. The number of carbonyl (C=O) groups is 3. The van der Waals surface area contributed by atoms with Crippen molar-refractivity contribution in [2.75, 3.05) is 172 Å². The van der Waals surface area contributed by atoms with E-state index in [4.69, 9.17) is 61.9 Å². The fourth-order valence-corrected chi connectivity index (χ4v) is 4.36. The van der Waals surface area contributed by atoms with Gasteiger partial charge in [-0.2, -0.15) is 0 Å². The van der Waals surface area contributed by atoms with Crippen molar-refractivity contribution in [1.82, 2.24) is 5.32 Å². The maximum atomic E-state index is 11.7. The summed E-state index contributed by atoms with van der Waals surface area (Å²) in [6, 6.07) is 0. The van der Waals surface area contributed by atoms with Gasteiger partial charge in [0.1, 0.15) is 19.8 Å². The normalized spacial score (nSPS) is 11.3. The molecule has 0 aromatic carbocycles. The number of ether oxygens (including phenoxy) is 13. The van der Waals surface area contributed by atoms with Crippen LogP contribution in [0.3, 0.4) is 0 Å². The fourth-order valence-electron chi connectivity index (χ4n) is 4.36. The lowest BCUT2D eigenvalue weighted by atomic mass is 10.1. The van der Waals surface area contributed by atoms with E-state index < -0.39 is 18.5 Å². The largest absolute Gasteiger partial charge is 0.480 e. The van der Waals surface area contributed by atoms with E-state index in [2.05, 4.69) is 17.0 Å². The van der Waals surface area contributed by atoms with Crippen LogP contribution in [0.2, 0.25) is 0 Å². The number of aliphatic carboxylic acids is 1. The molecule has 0 saturated carbocycles. The highest BCUT2D eigenvalue weighted by molar-refractivity contribution is 5.77. The predicted octanol–water partition coefficient (Wildman–Crippen LogP) is 2.07. The average Bonchev–Trinajstić information content (AvgIpc) is 3.18. The molecule has 0 spiro atoms. The van der Waals surface area contributed by atoms with Gasteiger partial charge in [0.2, 0.25) is 5.91 Å². The number of rotatable bonds is 48. The van der Waals surface area contributed by atoms with Crippen molar-refractivity contribution in [1.29, 1.82) is 0 Å². The molecule has 332 valence electrons. The maximum absolute atomic E-state index is 11.7. The van der Waals surface area contributed by atoms with Crippen molar-refractivity contribution in [3.63, 3.8) is 0 Å². The first-order chi connectivity index (χ1) is 27.6. The Morgan fingerprint density at radius 3 is 1.07 bits per heavy atom. The molecule has 0 aromatic heterocycles. The molecule has 0 radical (unpaired) electrons. The molecule has 18 nitrogen and oxygen atoms in total. The van der Waals surface area contributed by atoms with E-state index in [0.29, 0.717) is 158 Å². The molecule has 0 rings (SSSR count). The summed E-state index contributed by atoms with van der Waals surface area (Å²) in [5.41, 5.74) is 0. The lowest BCUT2D eigenvalue weighted by Crippen LogP contribution is -2.31. The van der Waals surface area contributed by atoms with Gasteiger partial charge in [-0.3, -0.25) is 9.59 Å². The summed E-state index contributed by atoms with van der Waals surface area (Å²) in [6.45, 7) is 11.8. The summed E-state index contributed by atoms with van der Waals surface area (Å²) in [7, 11) is 0. The summed E-state index contributed by atoms with van der Waals surface area (Å²) in [4.78, 5) is 33.4. The van der Waals surface area contributed by atoms with Crippen molar-refractivity contribution < 1.29 is 81.1 Å². The number of carboxylic acids is 1. The Morgan fingerprint density at radius 2 is 0.714 bits per heavy atom. The lowest BCUT2D eigenvalue weighted by molar-refractivity contribution is -0.146. The Hall–Kier alpha value is -2.07. The van der Waals surface area contributed by atoms with Crippen molar-refractivity contribution in [2.24, 2.45) is 0 Å². The van der Waals surface area contributed by atoms with Crippen molar-refractivity contribution >= 4 is 17.8 Å². The summed E-state index contributed by atoms with van der Waals surface area (Å²) in [6.07, 6.45) is 8.73. The van der Waals surface area contributed by atoms with Gasteiger partial charge in [0.05, 0.1) is 145 Å². The summed E-state index contributed by atoms with van der Waals surface area (Å²) < 4.78 is 69.8. The SMILES string of the molecule is CCCCCCCCCC(=O)OCCOCCOCCOCCOCCOCCOCCOCCOCCOCCOCCOCCNC(=O)COCC(=O)O. The van der Waals surface area contributed by atoms with Gasteiger partial charge in [-0.05, 0) is 6.42 Å². The number of esters is 1. The van der Waals surface area contributed by atoms with Gasteiger partial charge in [-0.1, -0.05) is 45.4 Å². The molecule has 0 unspecified atom stereocenters. The summed E-state index contributed by atoms with van der Waals surface area (Å²) in [5.74, 6) is -1.68. The second-order valence-electron chi connectivity index (χ2n) is 12.1. The van der Waals surface area contributed by atoms with Gasteiger partial charge < -0.3 is 72.0 Å². The first kappa shape index (κ1) is 53.9. The van der Waals surface area contributed by atoms with Gasteiger partial charge in [0, 0.05) is 13.0 Å². The summed E-state index contributed by atoms with van der Waals surface area (Å²) >= 11 is 0. The molecule has 0 aromatic rings. The topological polar surface area (TPSA) is 203 Å². The van der Waals surface area contributed by atoms with Crippen molar-refractivity contribution in [3.05, 3.63) is 0 Å². The molecular weight excluding hydrogens is 742 g/mol. The van der Waals surface area contributed by atoms with Crippen LogP contribution in [0.5, 0.6) is 0 Å². The second-order valence-corrected chi connectivity index (χ2v) is 12.1. The molecular formula is C38H73NO17. The average molecular weight is 816 g/mol. The van der Waals surface area contributed by atoms with E-state index in [9.17, 15) is 14.4 Å². The van der Waals surface area contributed by atoms with Crippen LogP contribution in [0, 0.1) is 0 Å². The van der Waals surface area contributed by atoms with Crippen molar-refractivity contribution in [3.8, 4) is 0 Å². The third-order valence-electron chi connectivity index (χ3n) is 7.22. The van der Waals surface area contributed by atoms with Crippen LogP contribution in [0.1, 0.15) is 58.3 Å². The minimum absolute atomic E-state index is 0.149. The van der Waals surface area contributed by atoms with E-state index in [1.807, 2.05) is 0 Å². The molecule has 56 heavy (non-hydrogen) atoms. The second kappa shape index (κ2) is 47.3. The number of hydrogen-bond acceptors (Lipinski definition) is 16. The zero-order valence-corrected chi connectivity index (χ0v) is 34.0. The molecule has 0 saturated heterocycles. The Balaban J connectivity index is 3.13. The third kappa shape index (κ3) is 48.1. The molecule has 18 heteroatoms. The van der Waals surface area contributed by atoms with Gasteiger partial charge in [-0.25, -0.2) is 4.79 Å². The van der Waals surface area contributed by atoms with Gasteiger partial charge in [-0.15, -0.1) is 0 Å². The number of carboxylic acid groups (broad SMARTS) is 1. The highest BCUT2D eigenvalue weighted by Gasteiger charge is 2.04. The zero-order chi connectivity index (χ0) is 40.7. The highest BCUT2D eigenvalue weighted by atomic mass is 16.6. The third-order valence-corrected chi connectivity index (χ3v) is 7.22. The molecule has 0 aliphatic rings. The Morgan fingerprint density at radius 1 is 0.393 bits per heavy atom. The molecule has 1 amide bonds. The molecule has 0 aliphatic carbocycles. The van der Waals surface area contributed by atoms with E-state index in [0.717, 1.165) is 12.8 Å². The summed E-state index contributed by atoms with van der Waals surface area (Å²) in [5, 5.41) is 11.0. The van der Waals surface area contributed by atoms with Crippen LogP contribution in [-0.2, 0) is 76.0 Å². The van der Waals surface area contributed by atoms with E-state index >= 15 is 0 Å². The van der Waals surface area contributed by atoms with Crippen LogP contribution >= 0.6 is 0 Å². The monoisotopic (exact) mass is 815 g/mol. The quantitative estimate of drug-likeness (QED) is 0.0667. The molecule has 0 fully saturated rings. The molecule has 0 bridgehead atoms. The standard InChI is InChI=1S/C38H73NO17/c1-2-3-4-5-6-7-8-9-38(43)56-33-32-54-31-30-53-29-28-52-27-26-51-25-24-50-23-22-49-21-20-48-19-18-47-17-16-46-15-14-45-13-12-44-11-10-39-36(40)34-55-35-37(41)42/h2-35H2,1H3,(H,39,40)(H,41,42). The van der Waals surface area contributed by atoms with E-state index in [1.165, 1.54) is 32.1 Å². The number of hydrogen-bond donors (Lipinski definition) is 2. The molecule has 0 atom stereocenters. The maximum Gasteiger partial charge on any atom is 0.329 e. The van der Waals surface area contributed by atoms with E-state index in [1.54, 1.807) is 0 Å². The first-order valence-corrected chi connectivity index (χ1v) is 20.1. The van der Waals surface area contributed by atoms with Crippen LogP contribution < -0.4 is 5.32 Å². The van der Waals surface area contributed by atoms with Crippen LogP contribution in [-0.4, -0.2) is 195 Å². The zero-order valence-electron chi connectivity index (χ0n) is 34.0. The molecule has 2 N–H and O–H groups in total. The van der Waals surface area contributed by atoms with Crippen LogP contribution in [0.25, 0.3) is 0 Å². The van der Waals surface area contributed by atoms with Crippen LogP contribution in [0.4, 0.5) is 0 Å². The minimum atomic E-state index is -1.13. The number of nitrogens with one attached hydrogen (secondary N) is 1. The Bertz CT molecular complexity index is 842. The smallest absolute Gasteiger partial charge is 0.329 e. The highest BCUT2D eigenvalue weighted by Crippen LogP contribution is 2.08. The first-order valence-electron chi connectivity index (χ1n) is 20.1. The van der Waals surface area contributed by atoms with Gasteiger partial charge >= 0.3 is 11.9 Å². The van der Waals surface area contributed by atoms with Gasteiger partial charge in [0.25, 0.3) is 0 Å².